The molecule has 174 valence electrons. The van der Waals surface area contributed by atoms with Gasteiger partial charge in [-0.15, -0.1) is 0 Å². The molecule has 32 heavy (non-hydrogen) atoms. The Morgan fingerprint density at radius 2 is 1.59 bits per heavy atom. The van der Waals surface area contributed by atoms with Gasteiger partial charge in [0, 0.05) is 23.2 Å². The minimum atomic E-state index is -3.84. The molecule has 0 radical (unpaired) electrons. The van der Waals surface area contributed by atoms with Crippen LogP contribution in [0.5, 0.6) is 0 Å². The summed E-state index contributed by atoms with van der Waals surface area (Å²) in [4.78, 5) is 15.2. The van der Waals surface area contributed by atoms with Crippen LogP contribution in [-0.4, -0.2) is 38.0 Å². The van der Waals surface area contributed by atoms with E-state index in [0.29, 0.717) is 6.04 Å². The maximum atomic E-state index is 12.7. The number of nitrogens with zero attached hydrogens (tertiary/aromatic N) is 1. The Morgan fingerprint density at radius 3 is 2.28 bits per heavy atom. The van der Waals surface area contributed by atoms with E-state index in [1.807, 2.05) is 0 Å². The quantitative estimate of drug-likeness (QED) is 0.686. The zero-order valence-corrected chi connectivity index (χ0v) is 19.7. The lowest BCUT2D eigenvalue weighted by Gasteiger charge is -2.34. The topological polar surface area (TPSA) is 78.5 Å². The molecule has 0 unspecified atom stereocenters. The van der Waals surface area contributed by atoms with Gasteiger partial charge in [-0.1, -0.05) is 31.4 Å². The van der Waals surface area contributed by atoms with Crippen molar-refractivity contribution < 1.29 is 13.2 Å². The third-order valence-corrected chi connectivity index (χ3v) is 8.80. The van der Waals surface area contributed by atoms with Gasteiger partial charge in [0.2, 0.25) is 0 Å². The van der Waals surface area contributed by atoms with E-state index in [1.165, 1.54) is 59.8 Å². The van der Waals surface area contributed by atoms with Crippen LogP contribution in [0, 0.1) is 0 Å². The number of fused-ring (bicyclic) bond motifs is 2. The number of urea groups is 1. The van der Waals surface area contributed by atoms with Gasteiger partial charge in [-0.25, -0.2) is 17.9 Å². The Hall–Kier alpha value is -1.86. The zero-order valence-electron chi connectivity index (χ0n) is 18.9. The third-order valence-electron chi connectivity index (χ3n) is 7.81. The van der Waals surface area contributed by atoms with Crippen LogP contribution in [0.25, 0.3) is 0 Å². The molecular weight excluding hydrogens is 422 g/mol. The Labute approximate surface area is 191 Å². The number of carbonyl (C=O) groups is 1. The van der Waals surface area contributed by atoms with Crippen molar-refractivity contribution in [3.8, 4) is 0 Å². The van der Waals surface area contributed by atoms with Crippen molar-refractivity contribution >= 4 is 21.7 Å². The summed E-state index contributed by atoms with van der Waals surface area (Å²) in [5.74, 6) is 0. The van der Waals surface area contributed by atoms with E-state index in [4.69, 9.17) is 0 Å². The van der Waals surface area contributed by atoms with E-state index in [9.17, 15) is 13.2 Å². The normalized spacial score (nSPS) is 24.1. The SMILES string of the molecule is O=C(Nc1c2c(cc3c1CCC3)CCC2)NS(=O)(=O)/C=C/[C@H]1CCCN1C1CCCCC1. The fourth-order valence-electron chi connectivity index (χ4n) is 6.35. The van der Waals surface area contributed by atoms with E-state index in [-0.39, 0.29) is 6.04 Å². The lowest BCUT2D eigenvalue weighted by Crippen LogP contribution is -2.39. The molecule has 2 N–H and O–H groups in total. The molecule has 2 fully saturated rings. The van der Waals surface area contributed by atoms with E-state index in [2.05, 4.69) is 21.0 Å². The minimum Gasteiger partial charge on any atom is -0.307 e. The second kappa shape index (κ2) is 9.18. The lowest BCUT2D eigenvalue weighted by atomic mass is 9.94. The first-order valence-electron chi connectivity index (χ1n) is 12.4. The fraction of sp³-hybridized carbons (Fsp3) is 0.640. The molecule has 7 heteroatoms. The highest BCUT2D eigenvalue weighted by molar-refractivity contribution is 7.92. The molecule has 1 aromatic rings. The van der Waals surface area contributed by atoms with Gasteiger partial charge in [0.1, 0.15) is 0 Å². The van der Waals surface area contributed by atoms with Crippen molar-refractivity contribution in [2.45, 2.75) is 95.6 Å². The predicted octanol–water partition coefficient (Wildman–Crippen LogP) is 4.43. The summed E-state index contributed by atoms with van der Waals surface area (Å²) >= 11 is 0. The molecule has 3 aliphatic carbocycles. The molecule has 1 atom stereocenters. The average molecular weight is 458 g/mol. The van der Waals surface area contributed by atoms with Crippen molar-refractivity contribution in [3.05, 3.63) is 39.8 Å². The second-order valence-corrected chi connectivity index (χ2v) is 11.5. The highest BCUT2D eigenvalue weighted by Crippen LogP contribution is 2.38. The Kier molecular flexibility index (Phi) is 6.30. The molecule has 1 saturated carbocycles. The third kappa shape index (κ3) is 4.60. The number of anilines is 1. The lowest BCUT2D eigenvalue weighted by molar-refractivity contribution is 0.163. The Morgan fingerprint density at radius 1 is 0.906 bits per heavy atom. The number of carbonyl (C=O) groups excluding carboxylic acids is 1. The Balaban J connectivity index is 1.25. The van der Waals surface area contributed by atoms with Gasteiger partial charge < -0.3 is 5.32 Å². The molecule has 6 nitrogen and oxygen atoms in total. The minimum absolute atomic E-state index is 0.151. The van der Waals surface area contributed by atoms with Gasteiger partial charge >= 0.3 is 6.03 Å². The zero-order chi connectivity index (χ0) is 22.1. The van der Waals surface area contributed by atoms with Crippen LogP contribution in [0.4, 0.5) is 10.5 Å². The highest BCUT2D eigenvalue weighted by atomic mass is 32.2. The number of likely N-dealkylation sites (tertiary alicyclic amines) is 1. The molecule has 0 aromatic heterocycles. The fourth-order valence-corrected chi connectivity index (χ4v) is 7.12. The van der Waals surface area contributed by atoms with E-state index < -0.39 is 16.1 Å². The van der Waals surface area contributed by atoms with Crippen molar-refractivity contribution in [2.75, 3.05) is 11.9 Å². The van der Waals surface area contributed by atoms with Crippen LogP contribution in [0.15, 0.2) is 17.6 Å². The van der Waals surface area contributed by atoms with E-state index >= 15 is 0 Å². The average Bonchev–Trinajstić information content (AvgIpc) is 3.52. The maximum absolute atomic E-state index is 12.7. The first-order chi connectivity index (χ1) is 15.5. The summed E-state index contributed by atoms with van der Waals surface area (Å²) in [5.41, 5.74) is 5.88. The molecule has 1 aliphatic heterocycles. The predicted molar refractivity (Wildman–Crippen MR) is 127 cm³/mol. The number of amides is 2. The van der Waals surface area contributed by atoms with Crippen LogP contribution >= 0.6 is 0 Å². The van der Waals surface area contributed by atoms with Gasteiger partial charge in [-0.05, 0) is 93.0 Å². The van der Waals surface area contributed by atoms with E-state index in [0.717, 1.165) is 63.6 Å². The first-order valence-corrected chi connectivity index (χ1v) is 14.0. The number of rotatable bonds is 5. The standard InChI is InChI=1S/C25H35N3O3S/c29-25(26-24-22-12-4-7-18(22)17-19-8-5-13-23(19)24)27-32(30,31)16-14-21-11-6-15-28(21)20-9-2-1-3-10-20/h14,16-17,20-21H,1-13,15H2,(H2,26,27,29)/b16-14+/t21-/m1/s1. The highest BCUT2D eigenvalue weighted by Gasteiger charge is 2.30. The summed E-state index contributed by atoms with van der Waals surface area (Å²) < 4.78 is 27.5. The van der Waals surface area contributed by atoms with Crippen LogP contribution in [-0.2, 0) is 35.7 Å². The number of aryl methyl sites for hydroxylation is 2. The molecule has 4 aliphatic rings. The summed E-state index contributed by atoms with van der Waals surface area (Å²) in [6.07, 6.45) is 16.3. The van der Waals surface area contributed by atoms with Crippen LogP contribution < -0.4 is 10.0 Å². The van der Waals surface area contributed by atoms with E-state index in [1.54, 1.807) is 6.08 Å². The number of sulfonamides is 1. The second-order valence-electron chi connectivity index (χ2n) is 9.90. The summed E-state index contributed by atoms with van der Waals surface area (Å²) in [6, 6.07) is 2.37. The first kappa shape index (κ1) is 22.0. The monoisotopic (exact) mass is 457 g/mol. The number of hydrogen-bond donors (Lipinski definition) is 2. The van der Waals surface area contributed by atoms with Crippen LogP contribution in [0.2, 0.25) is 0 Å². The molecule has 5 rings (SSSR count). The molecule has 2 amide bonds. The van der Waals surface area contributed by atoms with Crippen LogP contribution in [0.3, 0.4) is 0 Å². The summed E-state index contributed by atoms with van der Waals surface area (Å²) in [7, 11) is -3.84. The number of hydrogen-bond acceptors (Lipinski definition) is 4. The summed E-state index contributed by atoms with van der Waals surface area (Å²) in [5, 5.41) is 4.12. The van der Waals surface area contributed by atoms with Crippen molar-refractivity contribution in [1.29, 1.82) is 0 Å². The molecule has 1 saturated heterocycles. The van der Waals surface area contributed by atoms with Crippen molar-refractivity contribution in [2.24, 2.45) is 0 Å². The van der Waals surface area contributed by atoms with Gasteiger partial charge in [0.15, 0.2) is 0 Å². The molecule has 1 heterocycles. The Bertz CT molecular complexity index is 979. The van der Waals surface area contributed by atoms with Crippen molar-refractivity contribution in [1.82, 2.24) is 9.62 Å². The smallest absolute Gasteiger partial charge is 0.307 e. The number of nitrogens with one attached hydrogen (secondary N) is 2. The van der Waals surface area contributed by atoms with Crippen molar-refractivity contribution in [3.63, 3.8) is 0 Å². The molecular formula is C25H35N3O3S. The van der Waals surface area contributed by atoms with Gasteiger partial charge in [-0.2, -0.15) is 0 Å². The van der Waals surface area contributed by atoms with Crippen LogP contribution in [0.1, 0.15) is 80.0 Å². The van der Waals surface area contributed by atoms with Gasteiger partial charge in [0.25, 0.3) is 10.0 Å². The number of benzene rings is 1. The molecule has 0 spiro atoms. The molecule has 1 aromatic carbocycles. The largest absolute Gasteiger partial charge is 0.333 e. The van der Waals surface area contributed by atoms with Gasteiger partial charge in [-0.3, -0.25) is 4.90 Å². The maximum Gasteiger partial charge on any atom is 0.333 e. The molecule has 0 bridgehead atoms. The summed E-state index contributed by atoms with van der Waals surface area (Å²) in [6.45, 7) is 1.04. The van der Waals surface area contributed by atoms with Gasteiger partial charge in [0.05, 0.1) is 0 Å².